The average molecular weight is 277 g/mol. The smallest absolute Gasteiger partial charge is 0.254 e. The molecule has 1 aliphatic heterocycles. The maximum absolute atomic E-state index is 13.6. The maximum atomic E-state index is 13.6. The highest BCUT2D eigenvalue weighted by Crippen LogP contribution is 2.16. The molecule has 5 nitrogen and oxygen atoms in total. The molecule has 6 heteroatoms. The van der Waals surface area contributed by atoms with Gasteiger partial charge in [-0.1, -0.05) is 0 Å². The Morgan fingerprint density at radius 3 is 2.80 bits per heavy atom. The molecule has 1 heterocycles. The summed E-state index contributed by atoms with van der Waals surface area (Å²) in [6.07, 6.45) is 1.49. The van der Waals surface area contributed by atoms with Crippen LogP contribution in [0.4, 0.5) is 4.39 Å². The molecule has 1 saturated heterocycles. The number of likely N-dealkylation sites (tertiary alicyclic amines) is 1. The normalized spacial score (nSPS) is 16.6. The van der Waals surface area contributed by atoms with Crippen molar-refractivity contribution >= 4 is 5.91 Å². The minimum absolute atomic E-state index is 0.00866. The molecule has 0 spiro atoms. The number of amides is 1. The summed E-state index contributed by atoms with van der Waals surface area (Å²) in [7, 11) is 0. The van der Waals surface area contributed by atoms with Crippen molar-refractivity contribution in [1.82, 2.24) is 10.2 Å². The number of nitriles is 1. The first kappa shape index (κ1) is 14.3. The Hall–Kier alpha value is -2.13. The summed E-state index contributed by atoms with van der Waals surface area (Å²) in [5.74, 6) is -1.41. The molecule has 0 aliphatic carbocycles. The fourth-order valence-corrected chi connectivity index (χ4v) is 2.29. The Morgan fingerprint density at radius 1 is 1.50 bits per heavy atom. The van der Waals surface area contributed by atoms with Crippen LogP contribution in [0.25, 0.3) is 0 Å². The molecule has 1 aliphatic rings. The molecular weight excluding hydrogens is 261 g/mol. The number of rotatable bonds is 3. The Morgan fingerprint density at radius 2 is 2.20 bits per heavy atom. The first-order valence-corrected chi connectivity index (χ1v) is 6.49. The van der Waals surface area contributed by atoms with Crippen LogP contribution in [-0.2, 0) is 0 Å². The van der Waals surface area contributed by atoms with Crippen LogP contribution in [0.5, 0.6) is 5.75 Å². The minimum atomic E-state index is -0.732. The van der Waals surface area contributed by atoms with Crippen molar-refractivity contribution in [2.45, 2.75) is 18.9 Å². The Balaban J connectivity index is 1.91. The summed E-state index contributed by atoms with van der Waals surface area (Å²) in [5.41, 5.74) is -0.0674. The average Bonchev–Trinajstić information content (AvgIpc) is 2.41. The fourth-order valence-electron chi connectivity index (χ4n) is 2.29. The molecule has 1 fully saturated rings. The Bertz CT molecular complexity index is 534. The zero-order valence-electron chi connectivity index (χ0n) is 11.0. The number of halogens is 1. The van der Waals surface area contributed by atoms with Crippen LogP contribution in [0.1, 0.15) is 23.2 Å². The standard InChI is InChI=1S/C14H16FN3O2/c15-13-9-11(19)1-2-12(13)14(20)17-10-3-6-18(7-4-10)8-5-16/h1-2,9-10,19H,3-4,6-8H2,(H,17,20). The second kappa shape index (κ2) is 6.35. The van der Waals surface area contributed by atoms with Gasteiger partial charge in [0.05, 0.1) is 18.2 Å². The second-order valence-corrected chi connectivity index (χ2v) is 4.85. The van der Waals surface area contributed by atoms with Gasteiger partial charge in [0.1, 0.15) is 11.6 Å². The maximum Gasteiger partial charge on any atom is 0.254 e. The first-order chi connectivity index (χ1) is 9.60. The number of hydrogen-bond donors (Lipinski definition) is 2. The highest BCUT2D eigenvalue weighted by atomic mass is 19.1. The molecule has 1 aromatic rings. The second-order valence-electron chi connectivity index (χ2n) is 4.85. The zero-order valence-corrected chi connectivity index (χ0v) is 11.0. The third-order valence-electron chi connectivity index (χ3n) is 3.41. The molecule has 2 rings (SSSR count). The van der Waals surface area contributed by atoms with Gasteiger partial charge in [-0.25, -0.2) is 4.39 Å². The van der Waals surface area contributed by atoms with E-state index in [4.69, 9.17) is 10.4 Å². The van der Waals surface area contributed by atoms with E-state index >= 15 is 0 Å². The van der Waals surface area contributed by atoms with Crippen molar-refractivity contribution in [3.8, 4) is 11.8 Å². The van der Waals surface area contributed by atoms with Gasteiger partial charge >= 0.3 is 0 Å². The van der Waals surface area contributed by atoms with Crippen molar-refractivity contribution in [3.63, 3.8) is 0 Å². The lowest BCUT2D eigenvalue weighted by Gasteiger charge is -2.30. The molecule has 1 amide bonds. The summed E-state index contributed by atoms with van der Waals surface area (Å²) in [6.45, 7) is 1.89. The van der Waals surface area contributed by atoms with Crippen LogP contribution in [-0.4, -0.2) is 41.6 Å². The van der Waals surface area contributed by atoms with E-state index in [-0.39, 0.29) is 17.4 Å². The van der Waals surface area contributed by atoms with E-state index in [1.165, 1.54) is 12.1 Å². The van der Waals surface area contributed by atoms with Crippen molar-refractivity contribution in [1.29, 1.82) is 5.26 Å². The van der Waals surface area contributed by atoms with E-state index in [0.29, 0.717) is 6.54 Å². The fraction of sp³-hybridized carbons (Fsp3) is 0.429. The number of nitrogens with one attached hydrogen (secondary N) is 1. The van der Waals surface area contributed by atoms with Crippen LogP contribution >= 0.6 is 0 Å². The van der Waals surface area contributed by atoms with Crippen molar-refractivity contribution < 1.29 is 14.3 Å². The van der Waals surface area contributed by atoms with Gasteiger partial charge in [0, 0.05) is 25.2 Å². The molecule has 2 N–H and O–H groups in total. The monoisotopic (exact) mass is 277 g/mol. The lowest BCUT2D eigenvalue weighted by Crippen LogP contribution is -2.44. The largest absolute Gasteiger partial charge is 0.508 e. The topological polar surface area (TPSA) is 76.4 Å². The molecule has 0 radical (unpaired) electrons. The van der Waals surface area contributed by atoms with E-state index in [1.54, 1.807) is 0 Å². The van der Waals surface area contributed by atoms with Crippen LogP contribution in [0.2, 0.25) is 0 Å². The van der Waals surface area contributed by atoms with E-state index in [0.717, 1.165) is 32.0 Å². The van der Waals surface area contributed by atoms with Crippen LogP contribution in [0.15, 0.2) is 18.2 Å². The molecule has 0 unspecified atom stereocenters. The molecule has 106 valence electrons. The molecule has 1 aromatic carbocycles. The van der Waals surface area contributed by atoms with Crippen molar-refractivity contribution in [2.24, 2.45) is 0 Å². The third kappa shape index (κ3) is 3.45. The van der Waals surface area contributed by atoms with Gasteiger partial charge in [-0.15, -0.1) is 0 Å². The van der Waals surface area contributed by atoms with E-state index in [9.17, 15) is 9.18 Å². The summed E-state index contributed by atoms with van der Waals surface area (Å²) in [5, 5.41) is 20.5. The number of nitrogens with zero attached hydrogens (tertiary/aromatic N) is 2. The van der Waals surface area contributed by atoms with Crippen LogP contribution in [0.3, 0.4) is 0 Å². The molecular formula is C14H16FN3O2. The minimum Gasteiger partial charge on any atom is -0.508 e. The van der Waals surface area contributed by atoms with Crippen molar-refractivity contribution in [3.05, 3.63) is 29.6 Å². The molecule has 0 aromatic heterocycles. The van der Waals surface area contributed by atoms with Gasteiger partial charge in [0.15, 0.2) is 0 Å². The quantitative estimate of drug-likeness (QED) is 0.815. The van der Waals surface area contributed by atoms with E-state index in [1.807, 2.05) is 4.90 Å². The summed E-state index contributed by atoms with van der Waals surface area (Å²) in [6, 6.07) is 5.56. The number of benzene rings is 1. The molecule has 0 atom stereocenters. The lowest BCUT2D eigenvalue weighted by molar-refractivity contribution is 0.0910. The summed E-state index contributed by atoms with van der Waals surface area (Å²) >= 11 is 0. The van der Waals surface area contributed by atoms with Gasteiger partial charge in [-0.05, 0) is 25.0 Å². The van der Waals surface area contributed by atoms with Gasteiger partial charge in [0.25, 0.3) is 5.91 Å². The number of phenolic OH excluding ortho intramolecular Hbond substituents is 1. The van der Waals surface area contributed by atoms with E-state index < -0.39 is 11.7 Å². The lowest BCUT2D eigenvalue weighted by atomic mass is 10.0. The Labute approximate surface area is 116 Å². The number of carbonyl (C=O) groups excluding carboxylic acids is 1. The SMILES string of the molecule is N#CCN1CCC(NC(=O)c2ccc(O)cc2F)CC1. The third-order valence-corrected chi connectivity index (χ3v) is 3.41. The van der Waals surface area contributed by atoms with Crippen LogP contribution < -0.4 is 5.32 Å². The first-order valence-electron chi connectivity index (χ1n) is 6.49. The summed E-state index contributed by atoms with van der Waals surface area (Å²) < 4.78 is 13.6. The zero-order chi connectivity index (χ0) is 14.5. The number of aromatic hydroxyl groups is 1. The predicted octanol–water partition coefficient (Wildman–Crippen LogP) is 1.25. The number of carbonyl (C=O) groups is 1. The number of hydrogen-bond acceptors (Lipinski definition) is 4. The number of phenols is 1. The van der Waals surface area contributed by atoms with Gasteiger partial charge in [-0.3, -0.25) is 9.69 Å². The van der Waals surface area contributed by atoms with Gasteiger partial charge < -0.3 is 10.4 Å². The van der Waals surface area contributed by atoms with E-state index in [2.05, 4.69) is 11.4 Å². The number of piperidine rings is 1. The molecule has 20 heavy (non-hydrogen) atoms. The summed E-state index contributed by atoms with van der Waals surface area (Å²) in [4.78, 5) is 14.0. The molecule has 0 bridgehead atoms. The Kier molecular flexibility index (Phi) is 4.53. The molecule has 0 saturated carbocycles. The van der Waals surface area contributed by atoms with Gasteiger partial charge in [-0.2, -0.15) is 5.26 Å². The predicted molar refractivity (Wildman–Crippen MR) is 70.6 cm³/mol. The van der Waals surface area contributed by atoms with Gasteiger partial charge in [0.2, 0.25) is 0 Å². The van der Waals surface area contributed by atoms with Crippen LogP contribution in [0, 0.1) is 17.1 Å². The highest BCUT2D eigenvalue weighted by Gasteiger charge is 2.22. The highest BCUT2D eigenvalue weighted by molar-refractivity contribution is 5.94. The van der Waals surface area contributed by atoms with Crippen molar-refractivity contribution in [2.75, 3.05) is 19.6 Å².